The minimum Gasteiger partial charge on any atom is -0.477 e. The highest BCUT2D eigenvalue weighted by molar-refractivity contribution is 9.10. The third-order valence-electron chi connectivity index (χ3n) is 2.04. The fraction of sp³-hybridized carbons (Fsp3) is 0. The number of pyridine rings is 1. The summed E-state index contributed by atoms with van der Waals surface area (Å²) in [5, 5.41) is 11.9. The van der Waals surface area contributed by atoms with Gasteiger partial charge in [-0.15, -0.1) is 11.3 Å². The summed E-state index contributed by atoms with van der Waals surface area (Å²) in [4.78, 5) is 26.6. The van der Waals surface area contributed by atoms with E-state index in [1.165, 1.54) is 12.3 Å². The maximum Gasteiger partial charge on any atom is 0.345 e. The molecule has 2 N–H and O–H groups in total. The van der Waals surface area contributed by atoms with Gasteiger partial charge in [0.1, 0.15) is 9.48 Å². The number of thiophene rings is 1. The van der Waals surface area contributed by atoms with Crippen LogP contribution in [0.15, 0.2) is 35.1 Å². The largest absolute Gasteiger partial charge is 0.477 e. The monoisotopic (exact) mass is 326 g/mol. The van der Waals surface area contributed by atoms with Crippen LogP contribution in [0.1, 0.15) is 20.0 Å². The molecule has 0 fully saturated rings. The van der Waals surface area contributed by atoms with Crippen LogP contribution in [-0.2, 0) is 0 Å². The lowest BCUT2D eigenvalue weighted by molar-refractivity contribution is 0.0702. The summed E-state index contributed by atoms with van der Waals surface area (Å²) in [6, 6.07) is 6.28. The van der Waals surface area contributed by atoms with Crippen molar-refractivity contribution in [1.29, 1.82) is 0 Å². The van der Waals surface area contributed by atoms with Gasteiger partial charge in [-0.1, -0.05) is 0 Å². The highest BCUT2D eigenvalue weighted by Gasteiger charge is 2.10. The first-order valence-corrected chi connectivity index (χ1v) is 6.43. The van der Waals surface area contributed by atoms with Gasteiger partial charge in [-0.05, 0) is 40.2 Å². The summed E-state index contributed by atoms with van der Waals surface area (Å²) < 4.78 is 0.642. The number of aromatic nitrogens is 1. The van der Waals surface area contributed by atoms with Crippen LogP contribution in [0.5, 0.6) is 0 Å². The van der Waals surface area contributed by atoms with Gasteiger partial charge in [0.05, 0.1) is 10.6 Å². The average Bonchev–Trinajstić information content (AvgIpc) is 2.78. The maximum absolute atomic E-state index is 11.8. The second-order valence-electron chi connectivity index (χ2n) is 3.29. The van der Waals surface area contributed by atoms with Crippen LogP contribution in [0.25, 0.3) is 0 Å². The number of rotatable bonds is 3. The molecule has 2 heterocycles. The number of carboxylic acid groups (broad SMARTS) is 1. The van der Waals surface area contributed by atoms with Crippen molar-refractivity contribution in [2.45, 2.75) is 0 Å². The van der Waals surface area contributed by atoms with Crippen LogP contribution in [0, 0.1) is 0 Å². The quantitative estimate of drug-likeness (QED) is 0.850. The average molecular weight is 327 g/mol. The van der Waals surface area contributed by atoms with E-state index >= 15 is 0 Å². The molecule has 0 unspecified atom stereocenters. The summed E-state index contributed by atoms with van der Waals surface area (Å²) in [7, 11) is 0. The van der Waals surface area contributed by atoms with Gasteiger partial charge in [0.2, 0.25) is 0 Å². The van der Waals surface area contributed by atoms with E-state index in [4.69, 9.17) is 5.11 Å². The zero-order valence-corrected chi connectivity index (χ0v) is 11.3. The molecule has 0 saturated heterocycles. The van der Waals surface area contributed by atoms with Gasteiger partial charge in [0, 0.05) is 6.20 Å². The number of carbonyl (C=O) groups is 2. The summed E-state index contributed by atoms with van der Waals surface area (Å²) in [6.45, 7) is 0. The molecule has 0 atom stereocenters. The van der Waals surface area contributed by atoms with Crippen LogP contribution in [0.3, 0.4) is 0 Å². The van der Waals surface area contributed by atoms with Crippen LogP contribution < -0.4 is 5.32 Å². The maximum atomic E-state index is 11.8. The van der Waals surface area contributed by atoms with Crippen LogP contribution in [-0.4, -0.2) is 22.0 Å². The van der Waals surface area contributed by atoms with E-state index in [1.807, 2.05) is 0 Å². The molecule has 7 heteroatoms. The first-order valence-electron chi connectivity index (χ1n) is 4.82. The Morgan fingerprint density at radius 3 is 2.61 bits per heavy atom. The van der Waals surface area contributed by atoms with E-state index < -0.39 is 5.97 Å². The van der Waals surface area contributed by atoms with E-state index in [1.54, 1.807) is 18.2 Å². The predicted octanol–water partition coefficient (Wildman–Crippen LogP) is 2.86. The molecule has 0 aliphatic rings. The zero-order chi connectivity index (χ0) is 13.1. The van der Waals surface area contributed by atoms with E-state index in [9.17, 15) is 9.59 Å². The summed E-state index contributed by atoms with van der Waals surface area (Å²) in [5.74, 6) is -1.33. The Morgan fingerprint density at radius 2 is 2.06 bits per heavy atom. The topological polar surface area (TPSA) is 79.3 Å². The number of hydrogen-bond donors (Lipinski definition) is 2. The number of nitrogens with one attached hydrogen (secondary N) is 1. The molecular formula is C11H7BrN2O3S. The number of carbonyl (C=O) groups excluding carboxylic acids is 1. The highest BCUT2D eigenvalue weighted by Crippen LogP contribution is 2.22. The number of nitrogens with zero attached hydrogens (tertiary/aromatic N) is 1. The van der Waals surface area contributed by atoms with Crippen molar-refractivity contribution in [3.05, 3.63) is 45.5 Å². The van der Waals surface area contributed by atoms with Gasteiger partial charge in [-0.25, -0.2) is 9.78 Å². The molecule has 0 radical (unpaired) electrons. The fourth-order valence-electron chi connectivity index (χ4n) is 1.21. The van der Waals surface area contributed by atoms with Gasteiger partial charge in [-0.3, -0.25) is 4.79 Å². The Balaban J connectivity index is 2.11. The molecular weight excluding hydrogens is 320 g/mol. The minimum absolute atomic E-state index is 0.180. The number of anilines is 1. The van der Waals surface area contributed by atoms with E-state index in [-0.39, 0.29) is 10.8 Å². The molecule has 0 saturated carbocycles. The number of aromatic carboxylic acids is 1. The fourth-order valence-corrected chi connectivity index (χ4v) is 2.19. The molecule has 2 aromatic heterocycles. The van der Waals surface area contributed by atoms with Crippen LogP contribution in [0.4, 0.5) is 5.00 Å². The second kappa shape index (κ2) is 5.28. The van der Waals surface area contributed by atoms with Crippen molar-refractivity contribution in [2.75, 3.05) is 5.32 Å². The summed E-state index contributed by atoms with van der Waals surface area (Å²) >= 11 is 4.18. The van der Waals surface area contributed by atoms with Crippen molar-refractivity contribution in [1.82, 2.24) is 4.98 Å². The zero-order valence-electron chi connectivity index (χ0n) is 8.88. The van der Waals surface area contributed by atoms with Gasteiger partial charge in [0.25, 0.3) is 5.91 Å². The lowest BCUT2D eigenvalue weighted by atomic mass is 10.3. The molecule has 0 aliphatic carbocycles. The number of amides is 1. The van der Waals surface area contributed by atoms with Crippen molar-refractivity contribution in [2.24, 2.45) is 0 Å². The smallest absolute Gasteiger partial charge is 0.345 e. The Morgan fingerprint density at radius 1 is 1.28 bits per heavy atom. The second-order valence-corrected chi connectivity index (χ2v) is 5.19. The third-order valence-corrected chi connectivity index (χ3v) is 3.50. The van der Waals surface area contributed by atoms with Crippen LogP contribution in [0.2, 0.25) is 0 Å². The molecule has 1 amide bonds. The van der Waals surface area contributed by atoms with E-state index in [0.29, 0.717) is 15.2 Å². The standard InChI is InChI=1S/C11H7BrN2O3S/c12-8-3-1-6(5-13-8)10(15)14-9-4-2-7(18-9)11(16)17/h1-5H,(H,14,15)(H,16,17). The normalized spacial score (nSPS) is 10.1. The van der Waals surface area contributed by atoms with Gasteiger partial charge in [0.15, 0.2) is 0 Å². The third kappa shape index (κ3) is 2.93. The molecule has 0 spiro atoms. The summed E-state index contributed by atoms with van der Waals surface area (Å²) in [5.41, 5.74) is 0.406. The van der Waals surface area contributed by atoms with E-state index in [2.05, 4.69) is 26.2 Å². The van der Waals surface area contributed by atoms with Gasteiger partial charge in [-0.2, -0.15) is 0 Å². The predicted molar refractivity (Wildman–Crippen MR) is 71.2 cm³/mol. The Kier molecular flexibility index (Phi) is 3.73. The minimum atomic E-state index is -1.01. The number of hydrogen-bond acceptors (Lipinski definition) is 4. The lowest BCUT2D eigenvalue weighted by Gasteiger charge is -2.01. The molecule has 2 rings (SSSR count). The van der Waals surface area contributed by atoms with Crippen molar-refractivity contribution >= 4 is 44.1 Å². The number of halogens is 1. The van der Waals surface area contributed by atoms with Gasteiger partial charge < -0.3 is 10.4 Å². The molecule has 0 bridgehead atoms. The van der Waals surface area contributed by atoms with Crippen LogP contribution >= 0.6 is 27.3 Å². The van der Waals surface area contributed by atoms with Gasteiger partial charge >= 0.3 is 5.97 Å². The molecule has 0 aliphatic heterocycles. The lowest BCUT2D eigenvalue weighted by Crippen LogP contribution is -2.10. The summed E-state index contributed by atoms with van der Waals surface area (Å²) in [6.07, 6.45) is 1.44. The molecule has 92 valence electrons. The molecule has 2 aromatic rings. The Labute approximate surface area is 115 Å². The molecule has 5 nitrogen and oxygen atoms in total. The first-order chi connectivity index (χ1) is 8.56. The Hall–Kier alpha value is -1.73. The van der Waals surface area contributed by atoms with Crippen molar-refractivity contribution in [3.8, 4) is 0 Å². The van der Waals surface area contributed by atoms with E-state index in [0.717, 1.165) is 11.3 Å². The SMILES string of the molecule is O=C(Nc1ccc(C(=O)O)s1)c1ccc(Br)nc1. The van der Waals surface area contributed by atoms with Crippen molar-refractivity contribution in [3.63, 3.8) is 0 Å². The molecule has 18 heavy (non-hydrogen) atoms. The Bertz CT molecular complexity index is 595. The highest BCUT2D eigenvalue weighted by atomic mass is 79.9. The number of carboxylic acids is 1. The molecule has 0 aromatic carbocycles. The first kappa shape index (κ1) is 12.7. The van der Waals surface area contributed by atoms with Crippen molar-refractivity contribution < 1.29 is 14.7 Å².